The van der Waals surface area contributed by atoms with E-state index in [1.807, 2.05) is 12.4 Å². The van der Waals surface area contributed by atoms with Crippen LogP contribution in [0.15, 0.2) is 12.4 Å². The zero-order valence-corrected chi connectivity index (χ0v) is 14.1. The molecular formula is C16H25N5O. The van der Waals surface area contributed by atoms with Gasteiger partial charge in [0.25, 0.3) is 0 Å². The standard InChI is InChI=1S/C16H25N5O/c1-6-20(10-14-8-17-16(22-5)18-9-14)11-15-12(3)19-21(7-2)13(15)4/h8-9H,6-7,10-11H2,1-5H3. The van der Waals surface area contributed by atoms with Gasteiger partial charge in [-0.3, -0.25) is 9.58 Å². The molecule has 0 radical (unpaired) electrons. The van der Waals surface area contributed by atoms with Gasteiger partial charge in [0.2, 0.25) is 0 Å². The summed E-state index contributed by atoms with van der Waals surface area (Å²) in [7, 11) is 1.57. The summed E-state index contributed by atoms with van der Waals surface area (Å²) in [4.78, 5) is 10.7. The van der Waals surface area contributed by atoms with Crippen LogP contribution in [0.25, 0.3) is 0 Å². The highest BCUT2D eigenvalue weighted by Gasteiger charge is 2.14. The molecule has 0 spiro atoms. The maximum Gasteiger partial charge on any atom is 0.316 e. The number of hydrogen-bond acceptors (Lipinski definition) is 5. The van der Waals surface area contributed by atoms with Crippen molar-refractivity contribution in [2.45, 2.75) is 47.3 Å². The van der Waals surface area contributed by atoms with E-state index in [9.17, 15) is 0 Å². The molecule has 0 unspecified atom stereocenters. The molecule has 0 aliphatic carbocycles. The van der Waals surface area contributed by atoms with Crippen LogP contribution in [-0.4, -0.2) is 38.3 Å². The molecule has 0 amide bonds. The molecular weight excluding hydrogens is 278 g/mol. The Morgan fingerprint density at radius 1 is 1.14 bits per heavy atom. The Morgan fingerprint density at radius 2 is 1.82 bits per heavy atom. The van der Waals surface area contributed by atoms with E-state index in [2.05, 4.69) is 52.3 Å². The SMILES string of the molecule is CCN(Cc1cnc(OC)nc1)Cc1c(C)nn(CC)c1C. The number of nitrogens with zero attached hydrogens (tertiary/aromatic N) is 5. The van der Waals surface area contributed by atoms with E-state index in [1.54, 1.807) is 7.11 Å². The Labute approximate surface area is 132 Å². The monoisotopic (exact) mass is 303 g/mol. The van der Waals surface area contributed by atoms with Crippen LogP contribution < -0.4 is 4.74 Å². The van der Waals surface area contributed by atoms with Crippen LogP contribution in [0.4, 0.5) is 0 Å². The van der Waals surface area contributed by atoms with E-state index in [0.29, 0.717) is 6.01 Å². The summed E-state index contributed by atoms with van der Waals surface area (Å²) in [5.74, 6) is 0. The number of hydrogen-bond donors (Lipinski definition) is 0. The van der Waals surface area contributed by atoms with Crippen molar-refractivity contribution in [2.24, 2.45) is 0 Å². The minimum Gasteiger partial charge on any atom is -0.467 e. The average molecular weight is 303 g/mol. The maximum absolute atomic E-state index is 5.00. The van der Waals surface area contributed by atoms with E-state index in [4.69, 9.17) is 4.74 Å². The van der Waals surface area contributed by atoms with Gasteiger partial charge in [0, 0.05) is 48.8 Å². The fourth-order valence-corrected chi connectivity index (χ4v) is 2.56. The number of rotatable bonds is 7. The van der Waals surface area contributed by atoms with E-state index in [1.165, 1.54) is 11.3 Å². The molecule has 0 aromatic carbocycles. The lowest BCUT2D eigenvalue weighted by Gasteiger charge is -2.20. The molecule has 0 saturated carbocycles. The highest BCUT2D eigenvalue weighted by Crippen LogP contribution is 2.17. The second-order valence-corrected chi connectivity index (χ2v) is 5.35. The highest BCUT2D eigenvalue weighted by molar-refractivity contribution is 5.24. The van der Waals surface area contributed by atoms with Crippen LogP contribution in [0.2, 0.25) is 0 Å². The van der Waals surface area contributed by atoms with Crippen molar-refractivity contribution in [3.63, 3.8) is 0 Å². The molecule has 22 heavy (non-hydrogen) atoms. The maximum atomic E-state index is 5.00. The minimum atomic E-state index is 0.405. The highest BCUT2D eigenvalue weighted by atomic mass is 16.5. The lowest BCUT2D eigenvalue weighted by atomic mass is 10.1. The first kappa shape index (κ1) is 16.4. The number of ether oxygens (including phenoxy) is 1. The van der Waals surface area contributed by atoms with Crippen LogP contribution in [0, 0.1) is 13.8 Å². The van der Waals surface area contributed by atoms with Gasteiger partial charge >= 0.3 is 6.01 Å². The first-order valence-electron chi connectivity index (χ1n) is 7.69. The lowest BCUT2D eigenvalue weighted by Crippen LogP contribution is -2.23. The molecule has 0 aliphatic rings. The van der Waals surface area contributed by atoms with Crippen LogP contribution in [-0.2, 0) is 19.6 Å². The third kappa shape index (κ3) is 3.62. The van der Waals surface area contributed by atoms with Crippen LogP contribution in [0.1, 0.15) is 36.4 Å². The lowest BCUT2D eigenvalue weighted by molar-refractivity contribution is 0.269. The summed E-state index contributed by atoms with van der Waals surface area (Å²) >= 11 is 0. The predicted octanol–water partition coefficient (Wildman–Crippen LogP) is 2.34. The summed E-state index contributed by atoms with van der Waals surface area (Å²) in [5.41, 5.74) is 4.77. The zero-order chi connectivity index (χ0) is 16.1. The third-order valence-electron chi connectivity index (χ3n) is 3.93. The molecule has 2 aromatic rings. The van der Waals surface area contributed by atoms with Crippen molar-refractivity contribution >= 4 is 0 Å². The summed E-state index contributed by atoms with van der Waals surface area (Å²) in [6, 6.07) is 0.405. The van der Waals surface area contributed by atoms with E-state index < -0.39 is 0 Å². The van der Waals surface area contributed by atoms with E-state index in [-0.39, 0.29) is 0 Å². The first-order valence-corrected chi connectivity index (χ1v) is 7.69. The number of methoxy groups -OCH3 is 1. The van der Waals surface area contributed by atoms with Crippen molar-refractivity contribution in [3.8, 4) is 6.01 Å². The van der Waals surface area contributed by atoms with Crippen LogP contribution in [0.3, 0.4) is 0 Å². The van der Waals surface area contributed by atoms with Gasteiger partial charge in [0.15, 0.2) is 0 Å². The first-order chi connectivity index (χ1) is 10.6. The predicted molar refractivity (Wildman–Crippen MR) is 85.7 cm³/mol. The Balaban J connectivity index is 2.10. The topological polar surface area (TPSA) is 56.1 Å². The van der Waals surface area contributed by atoms with Gasteiger partial charge in [0.05, 0.1) is 12.8 Å². The molecule has 120 valence electrons. The second kappa shape index (κ2) is 7.35. The molecule has 6 nitrogen and oxygen atoms in total. The van der Waals surface area contributed by atoms with E-state index in [0.717, 1.165) is 37.4 Å². The van der Waals surface area contributed by atoms with Gasteiger partial charge in [0.1, 0.15) is 0 Å². The minimum absolute atomic E-state index is 0.405. The van der Waals surface area contributed by atoms with E-state index >= 15 is 0 Å². The summed E-state index contributed by atoms with van der Waals surface area (Å²) < 4.78 is 7.06. The molecule has 0 atom stereocenters. The smallest absolute Gasteiger partial charge is 0.316 e. The Bertz CT molecular complexity index is 606. The Hall–Kier alpha value is -1.95. The van der Waals surface area contributed by atoms with Crippen molar-refractivity contribution in [1.82, 2.24) is 24.6 Å². The Morgan fingerprint density at radius 3 is 2.32 bits per heavy atom. The number of aromatic nitrogens is 4. The molecule has 2 rings (SSSR count). The van der Waals surface area contributed by atoms with Gasteiger partial charge in [-0.2, -0.15) is 5.10 Å². The van der Waals surface area contributed by atoms with Crippen molar-refractivity contribution in [1.29, 1.82) is 0 Å². The zero-order valence-electron chi connectivity index (χ0n) is 14.1. The summed E-state index contributed by atoms with van der Waals surface area (Å²) in [5, 5.41) is 4.59. The van der Waals surface area contributed by atoms with Gasteiger partial charge in [-0.15, -0.1) is 0 Å². The second-order valence-electron chi connectivity index (χ2n) is 5.35. The molecule has 0 bridgehead atoms. The molecule has 2 heterocycles. The molecule has 0 saturated heterocycles. The van der Waals surface area contributed by atoms with Crippen LogP contribution >= 0.6 is 0 Å². The van der Waals surface area contributed by atoms with Crippen molar-refractivity contribution in [2.75, 3.05) is 13.7 Å². The molecule has 6 heteroatoms. The largest absolute Gasteiger partial charge is 0.467 e. The van der Waals surface area contributed by atoms with Gasteiger partial charge in [-0.05, 0) is 27.3 Å². The Kier molecular flexibility index (Phi) is 5.49. The third-order valence-corrected chi connectivity index (χ3v) is 3.93. The number of aryl methyl sites for hydroxylation is 2. The van der Waals surface area contributed by atoms with Gasteiger partial charge in [-0.25, -0.2) is 9.97 Å². The average Bonchev–Trinajstić information content (AvgIpc) is 2.82. The van der Waals surface area contributed by atoms with Crippen molar-refractivity contribution < 1.29 is 4.74 Å². The molecule has 2 aromatic heterocycles. The normalized spacial score (nSPS) is 11.2. The van der Waals surface area contributed by atoms with Crippen molar-refractivity contribution in [3.05, 3.63) is 34.9 Å². The molecule has 0 N–H and O–H groups in total. The van der Waals surface area contributed by atoms with Gasteiger partial charge < -0.3 is 4.74 Å². The fourth-order valence-electron chi connectivity index (χ4n) is 2.56. The van der Waals surface area contributed by atoms with Gasteiger partial charge in [-0.1, -0.05) is 6.92 Å². The molecule has 0 aliphatic heterocycles. The summed E-state index contributed by atoms with van der Waals surface area (Å²) in [6.07, 6.45) is 3.65. The van der Waals surface area contributed by atoms with Crippen LogP contribution in [0.5, 0.6) is 6.01 Å². The summed E-state index contributed by atoms with van der Waals surface area (Å²) in [6.45, 7) is 12.1. The molecule has 0 fully saturated rings. The quantitative estimate of drug-likeness (QED) is 0.786. The fraction of sp³-hybridized carbons (Fsp3) is 0.562.